The van der Waals surface area contributed by atoms with Crippen molar-refractivity contribution in [2.75, 3.05) is 13.7 Å². The van der Waals surface area contributed by atoms with E-state index in [0.29, 0.717) is 23.9 Å². The molecular weight excluding hydrogens is 446 g/mol. The Morgan fingerprint density at radius 1 is 1.00 bits per heavy atom. The number of thioether (sulfide) groups is 1. The minimum absolute atomic E-state index is 0.113. The van der Waals surface area contributed by atoms with E-state index >= 15 is 0 Å². The third-order valence-corrected chi connectivity index (χ3v) is 6.66. The van der Waals surface area contributed by atoms with E-state index in [9.17, 15) is 9.59 Å². The van der Waals surface area contributed by atoms with Crippen LogP contribution in [0.3, 0.4) is 0 Å². The van der Waals surface area contributed by atoms with E-state index in [0.717, 1.165) is 23.3 Å². The Balaban J connectivity index is 1.49. The zero-order chi connectivity index (χ0) is 23.8. The highest BCUT2D eigenvalue weighted by molar-refractivity contribution is 8.15. The summed E-state index contributed by atoms with van der Waals surface area (Å²) in [6.45, 7) is 0.927. The van der Waals surface area contributed by atoms with Crippen LogP contribution in [0.4, 0.5) is 5.69 Å². The van der Waals surface area contributed by atoms with Crippen LogP contribution in [-0.2, 0) is 22.6 Å². The number of aliphatic imine (C=N–C) groups is 1. The first-order valence-corrected chi connectivity index (χ1v) is 12.1. The van der Waals surface area contributed by atoms with Gasteiger partial charge in [0, 0.05) is 13.0 Å². The molecule has 34 heavy (non-hydrogen) atoms. The van der Waals surface area contributed by atoms with Crippen molar-refractivity contribution in [2.45, 2.75) is 24.6 Å². The molecule has 174 valence electrons. The Morgan fingerprint density at radius 3 is 2.29 bits per heavy atom. The molecule has 1 unspecified atom stereocenters. The summed E-state index contributed by atoms with van der Waals surface area (Å²) in [4.78, 5) is 32.4. The SMILES string of the molecule is COc1ccc(N=C2SC(C(=O)NCCc3ccccc3)CC(=O)N2Cc2ccccc2)cc1. The highest BCUT2D eigenvalue weighted by atomic mass is 32.2. The average Bonchev–Trinajstić information content (AvgIpc) is 2.87. The number of ether oxygens (including phenoxy) is 1. The third kappa shape index (κ3) is 6.26. The summed E-state index contributed by atoms with van der Waals surface area (Å²) in [5.74, 6) is 0.474. The Hall–Kier alpha value is -3.58. The van der Waals surface area contributed by atoms with Crippen LogP contribution in [0, 0.1) is 0 Å². The molecule has 4 rings (SSSR count). The van der Waals surface area contributed by atoms with Crippen molar-refractivity contribution in [3.05, 3.63) is 96.1 Å². The monoisotopic (exact) mass is 473 g/mol. The Bertz CT molecular complexity index is 1130. The highest BCUT2D eigenvalue weighted by Crippen LogP contribution is 2.30. The molecule has 1 saturated heterocycles. The minimum Gasteiger partial charge on any atom is -0.497 e. The number of benzene rings is 3. The molecule has 0 radical (unpaired) electrons. The fourth-order valence-electron chi connectivity index (χ4n) is 3.62. The summed E-state index contributed by atoms with van der Waals surface area (Å²) >= 11 is 1.33. The average molecular weight is 474 g/mol. The van der Waals surface area contributed by atoms with Crippen LogP contribution in [0.1, 0.15) is 17.5 Å². The van der Waals surface area contributed by atoms with Gasteiger partial charge in [0.1, 0.15) is 5.75 Å². The first-order chi connectivity index (χ1) is 16.6. The lowest BCUT2D eigenvalue weighted by Gasteiger charge is -2.32. The minimum atomic E-state index is -0.521. The molecule has 1 aliphatic heterocycles. The Morgan fingerprint density at radius 2 is 1.65 bits per heavy atom. The summed E-state index contributed by atoms with van der Waals surface area (Å²) < 4.78 is 5.22. The third-order valence-electron chi connectivity index (χ3n) is 5.47. The van der Waals surface area contributed by atoms with Crippen molar-refractivity contribution >= 4 is 34.4 Å². The number of methoxy groups -OCH3 is 1. The molecule has 1 aliphatic rings. The van der Waals surface area contributed by atoms with E-state index in [2.05, 4.69) is 5.32 Å². The van der Waals surface area contributed by atoms with E-state index in [4.69, 9.17) is 9.73 Å². The topological polar surface area (TPSA) is 71.0 Å². The van der Waals surface area contributed by atoms with Gasteiger partial charge in [0.2, 0.25) is 11.8 Å². The van der Waals surface area contributed by atoms with E-state index in [-0.39, 0.29) is 18.2 Å². The number of amides is 2. The molecule has 0 saturated carbocycles. The zero-order valence-electron chi connectivity index (χ0n) is 19.0. The molecule has 1 atom stereocenters. The maximum absolute atomic E-state index is 13.1. The van der Waals surface area contributed by atoms with Crippen LogP contribution in [0.25, 0.3) is 0 Å². The second-order valence-electron chi connectivity index (χ2n) is 7.90. The Labute approximate surface area is 204 Å². The number of carbonyl (C=O) groups is 2. The molecule has 3 aromatic rings. The number of hydrogen-bond donors (Lipinski definition) is 1. The fraction of sp³-hybridized carbons (Fsp3) is 0.222. The van der Waals surface area contributed by atoms with Gasteiger partial charge in [0.25, 0.3) is 0 Å². The van der Waals surface area contributed by atoms with Crippen LogP contribution in [0.15, 0.2) is 89.9 Å². The van der Waals surface area contributed by atoms with Crippen molar-refractivity contribution in [2.24, 2.45) is 4.99 Å². The normalized spacial score (nSPS) is 17.0. The lowest BCUT2D eigenvalue weighted by atomic mass is 10.1. The van der Waals surface area contributed by atoms with Gasteiger partial charge in [-0.25, -0.2) is 4.99 Å². The predicted octanol–water partition coefficient (Wildman–Crippen LogP) is 4.58. The number of nitrogens with zero attached hydrogens (tertiary/aromatic N) is 2. The van der Waals surface area contributed by atoms with E-state index in [1.807, 2.05) is 84.9 Å². The molecule has 6 nitrogen and oxygen atoms in total. The van der Waals surface area contributed by atoms with Crippen LogP contribution >= 0.6 is 11.8 Å². The first-order valence-electron chi connectivity index (χ1n) is 11.2. The van der Waals surface area contributed by atoms with Gasteiger partial charge in [-0.1, -0.05) is 72.4 Å². The van der Waals surface area contributed by atoms with Gasteiger partial charge >= 0.3 is 0 Å². The second kappa shape index (κ2) is 11.5. The summed E-state index contributed by atoms with van der Waals surface area (Å²) in [6.07, 6.45) is 0.876. The van der Waals surface area contributed by atoms with E-state index < -0.39 is 5.25 Å². The molecule has 1 fully saturated rings. The van der Waals surface area contributed by atoms with Crippen LogP contribution in [0.5, 0.6) is 5.75 Å². The lowest BCUT2D eigenvalue weighted by Crippen LogP contribution is -2.46. The fourth-order valence-corrected chi connectivity index (χ4v) is 4.74. The molecule has 0 aromatic heterocycles. The van der Waals surface area contributed by atoms with Crippen molar-refractivity contribution < 1.29 is 14.3 Å². The molecule has 7 heteroatoms. The summed E-state index contributed by atoms with van der Waals surface area (Å²) in [7, 11) is 1.61. The van der Waals surface area contributed by atoms with Gasteiger partial charge in [-0.15, -0.1) is 0 Å². The van der Waals surface area contributed by atoms with Crippen molar-refractivity contribution in [1.82, 2.24) is 10.2 Å². The maximum atomic E-state index is 13.1. The number of carbonyl (C=O) groups excluding carboxylic acids is 2. The summed E-state index contributed by atoms with van der Waals surface area (Å²) in [5, 5.41) is 2.98. The zero-order valence-corrected chi connectivity index (χ0v) is 19.8. The van der Waals surface area contributed by atoms with Gasteiger partial charge < -0.3 is 10.1 Å². The molecule has 0 bridgehead atoms. The van der Waals surface area contributed by atoms with Crippen molar-refractivity contribution in [1.29, 1.82) is 0 Å². The molecule has 1 N–H and O–H groups in total. The predicted molar refractivity (Wildman–Crippen MR) is 136 cm³/mol. The highest BCUT2D eigenvalue weighted by Gasteiger charge is 2.35. The van der Waals surface area contributed by atoms with Gasteiger partial charge in [0.15, 0.2) is 5.17 Å². The second-order valence-corrected chi connectivity index (χ2v) is 9.07. The lowest BCUT2D eigenvalue weighted by molar-refractivity contribution is -0.130. The quantitative estimate of drug-likeness (QED) is 0.520. The smallest absolute Gasteiger partial charge is 0.234 e. The van der Waals surface area contributed by atoms with Crippen LogP contribution in [0.2, 0.25) is 0 Å². The molecular formula is C27H27N3O3S. The number of rotatable bonds is 8. The number of amidine groups is 1. The summed E-state index contributed by atoms with van der Waals surface area (Å²) in [6, 6.07) is 27.1. The molecule has 0 aliphatic carbocycles. The van der Waals surface area contributed by atoms with Gasteiger partial charge in [-0.2, -0.15) is 0 Å². The summed E-state index contributed by atoms with van der Waals surface area (Å²) in [5.41, 5.74) is 2.86. The van der Waals surface area contributed by atoms with E-state index in [1.54, 1.807) is 12.0 Å². The van der Waals surface area contributed by atoms with E-state index in [1.165, 1.54) is 11.8 Å². The number of nitrogens with one attached hydrogen (secondary N) is 1. The standard InChI is InChI=1S/C27H27N3O3S/c1-33-23-14-12-22(13-15-23)29-27-30(19-21-10-6-3-7-11-21)25(31)18-24(34-27)26(32)28-17-16-20-8-4-2-5-9-20/h2-15,24H,16-19H2,1H3,(H,28,32). The van der Waals surface area contributed by atoms with Gasteiger partial charge in [0.05, 0.1) is 24.6 Å². The van der Waals surface area contributed by atoms with Gasteiger partial charge in [-0.3, -0.25) is 14.5 Å². The first kappa shape index (κ1) is 23.6. The van der Waals surface area contributed by atoms with Crippen LogP contribution < -0.4 is 10.1 Å². The number of hydrogen-bond acceptors (Lipinski definition) is 5. The maximum Gasteiger partial charge on any atom is 0.234 e. The molecule has 2 amide bonds. The molecule has 3 aromatic carbocycles. The largest absolute Gasteiger partial charge is 0.497 e. The van der Waals surface area contributed by atoms with Crippen molar-refractivity contribution in [3.63, 3.8) is 0 Å². The Kier molecular flexibility index (Phi) is 7.99. The molecule has 0 spiro atoms. The molecule has 1 heterocycles. The van der Waals surface area contributed by atoms with Gasteiger partial charge in [-0.05, 0) is 41.8 Å². The van der Waals surface area contributed by atoms with Crippen molar-refractivity contribution in [3.8, 4) is 5.75 Å². The van der Waals surface area contributed by atoms with Crippen LogP contribution in [-0.4, -0.2) is 40.8 Å².